The van der Waals surface area contributed by atoms with Crippen LogP contribution >= 0.6 is 0 Å². The number of carbonyl (C=O) groups is 1. The fraction of sp³-hybridized carbons (Fsp3) is 0.357. The van der Waals surface area contributed by atoms with Crippen LogP contribution in [-0.2, 0) is 10.0 Å². The number of carbonyl (C=O) groups excluding carboxylic acids is 1. The second-order valence-corrected chi connectivity index (χ2v) is 7.00. The van der Waals surface area contributed by atoms with Gasteiger partial charge in [-0.15, -0.1) is 0 Å². The van der Waals surface area contributed by atoms with E-state index < -0.39 is 10.0 Å². The van der Waals surface area contributed by atoms with E-state index in [2.05, 4.69) is 15.0 Å². The SMILES string of the molecule is CNS(=O)(=O)CCNC(=O)c1[nH]c2ccc(C)cc2c1C. The number of sulfonamides is 1. The van der Waals surface area contributed by atoms with E-state index in [1.54, 1.807) is 0 Å². The molecule has 1 heterocycles. The normalized spacial score (nSPS) is 11.8. The van der Waals surface area contributed by atoms with Crippen molar-refractivity contribution in [3.05, 3.63) is 35.0 Å². The molecule has 21 heavy (non-hydrogen) atoms. The molecule has 0 unspecified atom stereocenters. The standard InChI is InChI=1S/C14H19N3O3S/c1-9-4-5-12-11(8-9)10(2)13(17-12)14(18)16-6-7-21(19,20)15-3/h4-5,8,15,17H,6-7H2,1-3H3,(H,16,18). The fourth-order valence-corrected chi connectivity index (χ4v) is 2.73. The summed E-state index contributed by atoms with van der Waals surface area (Å²) in [5, 5.41) is 3.62. The third-order valence-corrected chi connectivity index (χ3v) is 4.77. The predicted molar refractivity (Wildman–Crippen MR) is 83.0 cm³/mol. The van der Waals surface area contributed by atoms with E-state index in [0.717, 1.165) is 22.0 Å². The van der Waals surface area contributed by atoms with Gasteiger partial charge in [0, 0.05) is 17.4 Å². The van der Waals surface area contributed by atoms with Crippen molar-refractivity contribution in [1.82, 2.24) is 15.0 Å². The first-order valence-electron chi connectivity index (χ1n) is 6.62. The van der Waals surface area contributed by atoms with Crippen LogP contribution in [0.5, 0.6) is 0 Å². The number of aromatic nitrogens is 1. The molecule has 1 aromatic carbocycles. The first kappa shape index (κ1) is 15.5. The number of rotatable bonds is 5. The smallest absolute Gasteiger partial charge is 0.268 e. The zero-order chi connectivity index (χ0) is 15.6. The predicted octanol–water partition coefficient (Wildman–Crippen LogP) is 1.06. The van der Waals surface area contributed by atoms with E-state index in [-0.39, 0.29) is 18.2 Å². The van der Waals surface area contributed by atoms with E-state index in [4.69, 9.17) is 0 Å². The largest absolute Gasteiger partial charge is 0.350 e. The van der Waals surface area contributed by atoms with Gasteiger partial charge >= 0.3 is 0 Å². The van der Waals surface area contributed by atoms with Crippen molar-refractivity contribution < 1.29 is 13.2 Å². The van der Waals surface area contributed by atoms with Gasteiger partial charge in [0.1, 0.15) is 5.69 Å². The molecular weight excluding hydrogens is 290 g/mol. The van der Waals surface area contributed by atoms with Crippen LogP contribution in [0.25, 0.3) is 10.9 Å². The number of aromatic amines is 1. The molecule has 0 saturated heterocycles. The number of fused-ring (bicyclic) bond motifs is 1. The second-order valence-electron chi connectivity index (χ2n) is 4.95. The van der Waals surface area contributed by atoms with Crippen molar-refractivity contribution in [2.24, 2.45) is 0 Å². The summed E-state index contributed by atoms with van der Waals surface area (Å²) in [6.45, 7) is 3.93. The van der Waals surface area contributed by atoms with Gasteiger partial charge < -0.3 is 10.3 Å². The van der Waals surface area contributed by atoms with Crippen molar-refractivity contribution in [3.8, 4) is 0 Å². The highest BCUT2D eigenvalue weighted by Gasteiger charge is 2.15. The first-order chi connectivity index (χ1) is 9.84. The van der Waals surface area contributed by atoms with Crippen LogP contribution < -0.4 is 10.0 Å². The van der Waals surface area contributed by atoms with Crippen molar-refractivity contribution >= 4 is 26.8 Å². The zero-order valence-electron chi connectivity index (χ0n) is 12.3. The number of amides is 1. The van der Waals surface area contributed by atoms with Crippen LogP contribution in [0.4, 0.5) is 0 Å². The average molecular weight is 309 g/mol. The Morgan fingerprint density at radius 3 is 2.67 bits per heavy atom. The minimum absolute atomic E-state index is 0.0653. The summed E-state index contributed by atoms with van der Waals surface area (Å²) in [6.07, 6.45) is 0. The van der Waals surface area contributed by atoms with Gasteiger partial charge in [-0.05, 0) is 38.6 Å². The minimum atomic E-state index is -3.31. The third kappa shape index (κ3) is 3.43. The van der Waals surface area contributed by atoms with Gasteiger partial charge in [-0.2, -0.15) is 0 Å². The third-order valence-electron chi connectivity index (χ3n) is 3.41. The number of nitrogens with one attached hydrogen (secondary N) is 3. The Hall–Kier alpha value is -1.86. The molecule has 7 heteroatoms. The molecule has 0 radical (unpaired) electrons. The molecule has 2 aromatic rings. The van der Waals surface area contributed by atoms with Gasteiger partial charge in [0.25, 0.3) is 5.91 Å². The highest BCUT2D eigenvalue weighted by molar-refractivity contribution is 7.89. The topological polar surface area (TPSA) is 91.1 Å². The summed E-state index contributed by atoms with van der Waals surface area (Å²) in [5.41, 5.74) is 3.35. The van der Waals surface area contributed by atoms with Gasteiger partial charge in [0.2, 0.25) is 10.0 Å². The molecule has 1 aromatic heterocycles. The van der Waals surface area contributed by atoms with Crippen LogP contribution in [0.1, 0.15) is 21.6 Å². The summed E-state index contributed by atoms with van der Waals surface area (Å²) in [6, 6.07) is 5.92. The highest BCUT2D eigenvalue weighted by atomic mass is 32.2. The molecule has 0 aliphatic heterocycles. The number of H-pyrrole nitrogens is 1. The number of hydrogen-bond donors (Lipinski definition) is 3. The van der Waals surface area contributed by atoms with Gasteiger partial charge in [-0.3, -0.25) is 4.79 Å². The minimum Gasteiger partial charge on any atom is -0.350 e. The van der Waals surface area contributed by atoms with E-state index in [1.165, 1.54) is 7.05 Å². The lowest BCUT2D eigenvalue weighted by atomic mass is 10.1. The van der Waals surface area contributed by atoms with Gasteiger partial charge in [-0.25, -0.2) is 13.1 Å². The lowest BCUT2D eigenvalue weighted by Gasteiger charge is -2.05. The molecule has 0 fully saturated rings. The fourth-order valence-electron chi connectivity index (χ4n) is 2.16. The van der Waals surface area contributed by atoms with Gasteiger partial charge in [0.15, 0.2) is 0 Å². The molecule has 0 bridgehead atoms. The molecule has 1 amide bonds. The maximum absolute atomic E-state index is 12.1. The van der Waals surface area contributed by atoms with Gasteiger partial charge in [0.05, 0.1) is 5.75 Å². The van der Waals surface area contributed by atoms with Crippen LogP contribution in [0.3, 0.4) is 0 Å². The Bertz CT molecular complexity index is 778. The molecule has 0 aliphatic rings. The van der Waals surface area contributed by atoms with Crippen molar-refractivity contribution in [2.45, 2.75) is 13.8 Å². The van der Waals surface area contributed by atoms with Crippen molar-refractivity contribution in [1.29, 1.82) is 0 Å². The quantitative estimate of drug-likeness (QED) is 0.771. The molecule has 0 atom stereocenters. The maximum atomic E-state index is 12.1. The summed E-state index contributed by atoms with van der Waals surface area (Å²) in [5.74, 6) is -0.444. The Balaban J connectivity index is 2.15. The summed E-state index contributed by atoms with van der Waals surface area (Å²) < 4.78 is 24.8. The van der Waals surface area contributed by atoms with E-state index in [9.17, 15) is 13.2 Å². The molecule has 3 N–H and O–H groups in total. The van der Waals surface area contributed by atoms with Gasteiger partial charge in [-0.1, -0.05) is 11.6 Å². The summed E-state index contributed by atoms with van der Waals surface area (Å²) in [7, 11) is -1.96. The van der Waals surface area contributed by atoms with E-state index in [1.807, 2.05) is 32.0 Å². The highest BCUT2D eigenvalue weighted by Crippen LogP contribution is 2.22. The van der Waals surface area contributed by atoms with Crippen LogP contribution in [0.15, 0.2) is 18.2 Å². The first-order valence-corrected chi connectivity index (χ1v) is 8.27. The van der Waals surface area contributed by atoms with E-state index in [0.29, 0.717) is 5.69 Å². The summed E-state index contributed by atoms with van der Waals surface area (Å²) in [4.78, 5) is 15.2. The molecule has 0 spiro atoms. The van der Waals surface area contributed by atoms with Crippen LogP contribution in [0.2, 0.25) is 0 Å². The molecule has 0 aliphatic carbocycles. The Labute approximate surface area is 124 Å². The summed E-state index contributed by atoms with van der Waals surface area (Å²) >= 11 is 0. The Kier molecular flexibility index (Phi) is 4.34. The van der Waals surface area contributed by atoms with Crippen LogP contribution in [0, 0.1) is 13.8 Å². The zero-order valence-corrected chi connectivity index (χ0v) is 13.1. The number of hydrogen-bond acceptors (Lipinski definition) is 3. The van der Waals surface area contributed by atoms with Crippen molar-refractivity contribution in [3.63, 3.8) is 0 Å². The van der Waals surface area contributed by atoms with Crippen molar-refractivity contribution in [2.75, 3.05) is 19.3 Å². The average Bonchev–Trinajstić information content (AvgIpc) is 2.76. The lowest BCUT2D eigenvalue weighted by molar-refractivity contribution is 0.0951. The maximum Gasteiger partial charge on any atom is 0.268 e. The monoisotopic (exact) mass is 309 g/mol. The van der Waals surface area contributed by atoms with Crippen LogP contribution in [-0.4, -0.2) is 38.7 Å². The molecule has 2 rings (SSSR count). The Morgan fingerprint density at radius 1 is 1.29 bits per heavy atom. The Morgan fingerprint density at radius 2 is 2.00 bits per heavy atom. The molecule has 0 saturated carbocycles. The lowest BCUT2D eigenvalue weighted by Crippen LogP contribution is -2.33. The van der Waals surface area contributed by atoms with E-state index >= 15 is 0 Å². The molecule has 114 valence electrons. The molecule has 6 nitrogen and oxygen atoms in total. The number of benzene rings is 1. The molecular formula is C14H19N3O3S. The second kappa shape index (κ2) is 5.87. The number of aryl methyl sites for hydroxylation is 2.